The van der Waals surface area contributed by atoms with E-state index in [9.17, 15) is 0 Å². The average Bonchev–Trinajstić information content (AvgIpc) is 3.60. The van der Waals surface area contributed by atoms with Gasteiger partial charge in [0.15, 0.2) is 11.5 Å². The second-order valence-corrected chi connectivity index (χ2v) is 10.4. The van der Waals surface area contributed by atoms with Gasteiger partial charge < -0.3 is 24.4 Å². The van der Waals surface area contributed by atoms with Crippen LogP contribution in [0.3, 0.4) is 0 Å². The Hall–Kier alpha value is -2.05. The Morgan fingerprint density at radius 3 is 2.56 bits per heavy atom. The van der Waals surface area contributed by atoms with Crippen LogP contribution in [0.1, 0.15) is 62.8 Å². The Morgan fingerprint density at radius 1 is 1.03 bits per heavy atom. The summed E-state index contributed by atoms with van der Waals surface area (Å²) < 4.78 is 17.6. The molecule has 6 heteroatoms. The monoisotopic (exact) mass is 467 g/mol. The number of anilines is 1. The van der Waals surface area contributed by atoms with Crippen molar-refractivity contribution < 1.29 is 14.2 Å². The molecule has 1 saturated carbocycles. The lowest BCUT2D eigenvalue weighted by Crippen LogP contribution is -2.22. The molecule has 0 spiro atoms. The summed E-state index contributed by atoms with van der Waals surface area (Å²) in [5.41, 5.74) is 2.39. The van der Waals surface area contributed by atoms with Crippen LogP contribution in [0, 0.1) is 11.8 Å². The molecule has 3 fully saturated rings. The zero-order valence-corrected chi connectivity index (χ0v) is 21.0. The highest BCUT2D eigenvalue weighted by molar-refractivity contribution is 5.88. The fourth-order valence-electron chi connectivity index (χ4n) is 6.30. The van der Waals surface area contributed by atoms with E-state index >= 15 is 0 Å². The number of nitrogens with one attached hydrogen (secondary N) is 1. The first-order valence-electron chi connectivity index (χ1n) is 13.4. The smallest absolute Gasteiger partial charge is 0.163 e. The molecule has 2 aliphatic heterocycles. The summed E-state index contributed by atoms with van der Waals surface area (Å²) in [7, 11) is 3.69. The molecule has 34 heavy (non-hydrogen) atoms. The number of hydrogen-bond donors (Lipinski definition) is 1. The van der Waals surface area contributed by atoms with Crippen LogP contribution in [0.4, 0.5) is 5.82 Å². The van der Waals surface area contributed by atoms with Crippen LogP contribution in [0.5, 0.6) is 11.5 Å². The van der Waals surface area contributed by atoms with E-state index in [-0.39, 0.29) is 0 Å². The largest absolute Gasteiger partial charge is 0.493 e. The Bertz CT molecular complexity index is 946. The maximum absolute atomic E-state index is 6.20. The Kier molecular flexibility index (Phi) is 7.75. The molecular formula is C28H41N3O3. The minimum absolute atomic E-state index is 0.563. The van der Waals surface area contributed by atoms with Crippen molar-refractivity contribution in [3.63, 3.8) is 0 Å². The molecule has 0 radical (unpaired) electrons. The lowest BCUT2D eigenvalue weighted by Gasteiger charge is -2.32. The Morgan fingerprint density at radius 2 is 1.85 bits per heavy atom. The molecule has 1 aromatic carbocycles. The molecule has 186 valence electrons. The number of benzene rings is 1. The summed E-state index contributed by atoms with van der Waals surface area (Å²) in [6.07, 6.45) is 10.0. The molecule has 3 heterocycles. The predicted molar refractivity (Wildman–Crippen MR) is 137 cm³/mol. The molecule has 6 nitrogen and oxygen atoms in total. The first-order valence-corrected chi connectivity index (χ1v) is 13.4. The van der Waals surface area contributed by atoms with E-state index in [1.165, 1.54) is 69.0 Å². The summed E-state index contributed by atoms with van der Waals surface area (Å²) in [6, 6.07) is 6.49. The lowest BCUT2D eigenvalue weighted by molar-refractivity contribution is 0.157. The number of methoxy groups -OCH3 is 1. The van der Waals surface area contributed by atoms with Crippen LogP contribution in [0.2, 0.25) is 0 Å². The summed E-state index contributed by atoms with van der Waals surface area (Å²) in [5.74, 6) is 4.70. The van der Waals surface area contributed by atoms with Crippen molar-refractivity contribution in [3.05, 3.63) is 23.8 Å². The highest BCUT2D eigenvalue weighted by Crippen LogP contribution is 2.44. The van der Waals surface area contributed by atoms with E-state index in [1.54, 1.807) is 7.11 Å². The van der Waals surface area contributed by atoms with Gasteiger partial charge in [-0.3, -0.25) is 0 Å². The normalized spacial score (nSPS) is 25.6. The molecule has 0 amide bonds. The first kappa shape index (κ1) is 23.7. The molecule has 1 atom stereocenters. The first-order chi connectivity index (χ1) is 16.7. The second-order valence-electron chi connectivity index (χ2n) is 10.4. The number of hydrogen-bond acceptors (Lipinski definition) is 6. The molecule has 2 saturated heterocycles. The molecular weight excluding hydrogens is 426 g/mol. The van der Waals surface area contributed by atoms with Crippen LogP contribution in [-0.4, -0.2) is 63.5 Å². The van der Waals surface area contributed by atoms with E-state index in [4.69, 9.17) is 19.2 Å². The van der Waals surface area contributed by atoms with E-state index in [2.05, 4.69) is 28.4 Å². The molecule has 3 aliphatic rings. The topological polar surface area (TPSA) is 55.9 Å². The zero-order chi connectivity index (χ0) is 23.3. The Balaban J connectivity index is 1.32. The fraction of sp³-hybridized carbons (Fsp3) is 0.679. The van der Waals surface area contributed by atoms with Crippen LogP contribution in [-0.2, 0) is 4.74 Å². The summed E-state index contributed by atoms with van der Waals surface area (Å²) in [5, 5.41) is 4.48. The molecule has 0 unspecified atom stereocenters. The van der Waals surface area contributed by atoms with E-state index in [0.29, 0.717) is 12.5 Å². The van der Waals surface area contributed by atoms with Gasteiger partial charge in [-0.05, 0) is 99.9 Å². The van der Waals surface area contributed by atoms with E-state index in [0.717, 1.165) is 60.8 Å². The van der Waals surface area contributed by atoms with Gasteiger partial charge in [0.25, 0.3) is 0 Å². The van der Waals surface area contributed by atoms with E-state index in [1.807, 2.05) is 7.05 Å². The highest BCUT2D eigenvalue weighted by Gasteiger charge is 2.31. The number of rotatable bonds is 9. The summed E-state index contributed by atoms with van der Waals surface area (Å²) >= 11 is 0. The highest BCUT2D eigenvalue weighted by atomic mass is 16.5. The maximum atomic E-state index is 6.20. The standard InChI is InChI=1S/C28H41N3O3/c1-29-28-17-23(21-8-6-20(7-9-21)22-10-15-33-19-22)24-16-26(32-2)27(18-25(24)30-28)34-14-5-13-31-11-3-4-12-31/h16-18,20-22H,3-15,19H2,1-2H3,(H,29,30)/t20?,21?,22-/m1/s1. The van der Waals surface area contributed by atoms with Crippen LogP contribution in [0.15, 0.2) is 18.2 Å². The summed E-state index contributed by atoms with van der Waals surface area (Å²) in [4.78, 5) is 7.41. The van der Waals surface area contributed by atoms with Gasteiger partial charge in [0.2, 0.25) is 0 Å². The number of fused-ring (bicyclic) bond motifs is 1. The van der Waals surface area contributed by atoms with Crippen molar-refractivity contribution in [2.24, 2.45) is 11.8 Å². The quantitative estimate of drug-likeness (QED) is 0.494. The zero-order valence-electron chi connectivity index (χ0n) is 21.0. The summed E-state index contributed by atoms with van der Waals surface area (Å²) in [6.45, 7) is 6.19. The molecule has 2 aromatic rings. The van der Waals surface area contributed by atoms with Gasteiger partial charge >= 0.3 is 0 Å². The third kappa shape index (κ3) is 5.28. The SMILES string of the molecule is CNc1cc(C2CCC([C@@H]3CCOC3)CC2)c2cc(OC)c(OCCCN3CCCC3)cc2n1. The number of ether oxygens (including phenoxy) is 3. The third-order valence-electron chi connectivity index (χ3n) is 8.30. The van der Waals surface area contributed by atoms with Gasteiger partial charge in [0, 0.05) is 38.3 Å². The molecule has 1 aliphatic carbocycles. The predicted octanol–water partition coefficient (Wildman–Crippen LogP) is 5.46. The van der Waals surface area contributed by atoms with Crippen molar-refractivity contribution in [2.75, 3.05) is 58.9 Å². The van der Waals surface area contributed by atoms with Gasteiger partial charge in [-0.2, -0.15) is 0 Å². The van der Waals surface area contributed by atoms with Crippen molar-refractivity contribution in [1.82, 2.24) is 9.88 Å². The van der Waals surface area contributed by atoms with Gasteiger partial charge in [-0.1, -0.05) is 0 Å². The number of likely N-dealkylation sites (tertiary alicyclic amines) is 1. The van der Waals surface area contributed by atoms with Gasteiger partial charge in [0.1, 0.15) is 5.82 Å². The van der Waals surface area contributed by atoms with Crippen molar-refractivity contribution >= 4 is 16.7 Å². The molecule has 0 bridgehead atoms. The van der Waals surface area contributed by atoms with Gasteiger partial charge in [-0.15, -0.1) is 0 Å². The minimum Gasteiger partial charge on any atom is -0.493 e. The van der Waals surface area contributed by atoms with Crippen molar-refractivity contribution in [1.29, 1.82) is 0 Å². The van der Waals surface area contributed by atoms with Crippen molar-refractivity contribution in [2.45, 2.75) is 57.3 Å². The third-order valence-corrected chi connectivity index (χ3v) is 8.30. The number of aromatic nitrogens is 1. The average molecular weight is 468 g/mol. The lowest BCUT2D eigenvalue weighted by atomic mass is 9.73. The molecule has 1 aromatic heterocycles. The Labute approximate surface area is 204 Å². The number of pyridine rings is 1. The number of nitrogens with zero attached hydrogens (tertiary/aromatic N) is 2. The second kappa shape index (κ2) is 11.1. The van der Waals surface area contributed by atoms with E-state index < -0.39 is 0 Å². The minimum atomic E-state index is 0.563. The van der Waals surface area contributed by atoms with Gasteiger partial charge in [0.05, 0.1) is 19.2 Å². The maximum Gasteiger partial charge on any atom is 0.163 e. The van der Waals surface area contributed by atoms with Crippen LogP contribution in [0.25, 0.3) is 10.9 Å². The van der Waals surface area contributed by atoms with Gasteiger partial charge in [-0.25, -0.2) is 4.98 Å². The molecule has 1 N–H and O–H groups in total. The van der Waals surface area contributed by atoms with Crippen molar-refractivity contribution in [3.8, 4) is 11.5 Å². The fourth-order valence-corrected chi connectivity index (χ4v) is 6.30. The van der Waals surface area contributed by atoms with Crippen LogP contribution >= 0.6 is 0 Å². The molecule has 5 rings (SSSR count). The van der Waals surface area contributed by atoms with Crippen LogP contribution < -0.4 is 14.8 Å².